The molecule has 0 aliphatic heterocycles. The van der Waals surface area contributed by atoms with E-state index in [9.17, 15) is 0 Å². The molecule has 0 radical (unpaired) electrons. The van der Waals surface area contributed by atoms with E-state index in [1.165, 1.54) is 42.4 Å². The van der Waals surface area contributed by atoms with Crippen LogP contribution in [-0.4, -0.2) is 24.5 Å². The first-order chi connectivity index (χ1) is 8.65. The summed E-state index contributed by atoms with van der Waals surface area (Å²) in [6.45, 7) is 5.11. The van der Waals surface area contributed by atoms with Crippen molar-refractivity contribution in [1.82, 2.24) is 4.90 Å². The predicted octanol–water partition coefficient (Wildman–Crippen LogP) is 3.18. The highest BCUT2D eigenvalue weighted by Gasteiger charge is 2.26. The normalized spacial score (nSPS) is 18.5. The summed E-state index contributed by atoms with van der Waals surface area (Å²) >= 11 is 0. The van der Waals surface area contributed by atoms with Crippen molar-refractivity contribution in [3.63, 3.8) is 0 Å². The maximum absolute atomic E-state index is 6.05. The largest absolute Gasteiger partial charge is 0.329 e. The molecule has 18 heavy (non-hydrogen) atoms. The summed E-state index contributed by atoms with van der Waals surface area (Å²) in [5, 5.41) is 0. The molecule has 1 atom stereocenters. The van der Waals surface area contributed by atoms with Crippen LogP contribution in [0.2, 0.25) is 0 Å². The second-order valence-corrected chi connectivity index (χ2v) is 5.64. The van der Waals surface area contributed by atoms with Gasteiger partial charge in [0, 0.05) is 18.6 Å². The van der Waals surface area contributed by atoms with E-state index in [1.807, 2.05) is 0 Å². The maximum atomic E-state index is 6.05. The highest BCUT2D eigenvalue weighted by Crippen LogP contribution is 2.31. The molecule has 2 N–H and O–H groups in total. The lowest BCUT2D eigenvalue weighted by atomic mass is 9.95. The molecule has 0 saturated heterocycles. The fraction of sp³-hybridized carbons (Fsp3) is 0.625. The molecule has 1 aromatic rings. The Labute approximate surface area is 111 Å². The average Bonchev–Trinajstić information content (AvgIpc) is 2.89. The maximum Gasteiger partial charge on any atom is 0.0473 e. The van der Waals surface area contributed by atoms with Gasteiger partial charge in [-0.05, 0) is 50.4 Å². The summed E-state index contributed by atoms with van der Waals surface area (Å²) in [4.78, 5) is 2.51. The van der Waals surface area contributed by atoms with E-state index in [4.69, 9.17) is 5.73 Å². The molecule has 0 bridgehead atoms. The average molecular weight is 246 g/mol. The van der Waals surface area contributed by atoms with Crippen LogP contribution >= 0.6 is 0 Å². The van der Waals surface area contributed by atoms with E-state index in [-0.39, 0.29) is 0 Å². The van der Waals surface area contributed by atoms with Crippen LogP contribution in [-0.2, 0) is 0 Å². The van der Waals surface area contributed by atoms with Gasteiger partial charge >= 0.3 is 0 Å². The number of nitrogens with two attached hydrogens (primary N) is 1. The highest BCUT2D eigenvalue weighted by molar-refractivity contribution is 5.35. The molecular formula is C16H26N2. The van der Waals surface area contributed by atoms with Crippen molar-refractivity contribution < 1.29 is 0 Å². The summed E-state index contributed by atoms with van der Waals surface area (Å²) in [6, 6.07) is 7.67. The van der Waals surface area contributed by atoms with Gasteiger partial charge in [-0.15, -0.1) is 0 Å². The molecule has 1 aromatic carbocycles. The van der Waals surface area contributed by atoms with E-state index >= 15 is 0 Å². The number of hydrogen-bond donors (Lipinski definition) is 1. The smallest absolute Gasteiger partial charge is 0.0473 e. The molecule has 100 valence electrons. The van der Waals surface area contributed by atoms with Gasteiger partial charge in [0.1, 0.15) is 0 Å². The van der Waals surface area contributed by atoms with Gasteiger partial charge in [-0.3, -0.25) is 4.90 Å². The molecule has 2 nitrogen and oxygen atoms in total. The zero-order valence-corrected chi connectivity index (χ0v) is 11.9. The van der Waals surface area contributed by atoms with Crippen LogP contribution in [0, 0.1) is 13.8 Å². The van der Waals surface area contributed by atoms with Gasteiger partial charge in [-0.25, -0.2) is 0 Å². The lowest BCUT2D eigenvalue weighted by Gasteiger charge is -2.33. The Morgan fingerprint density at radius 3 is 2.56 bits per heavy atom. The fourth-order valence-electron chi connectivity index (χ4n) is 3.21. The Hall–Kier alpha value is -0.860. The van der Waals surface area contributed by atoms with Crippen LogP contribution in [0.4, 0.5) is 0 Å². The molecule has 2 heteroatoms. The molecule has 1 saturated carbocycles. The Bertz CT molecular complexity index is 394. The van der Waals surface area contributed by atoms with Gasteiger partial charge in [0.25, 0.3) is 0 Å². The summed E-state index contributed by atoms with van der Waals surface area (Å²) in [6.07, 6.45) is 5.41. The van der Waals surface area contributed by atoms with Crippen LogP contribution in [0.5, 0.6) is 0 Å². The Kier molecular flexibility index (Phi) is 4.41. The molecule has 1 aliphatic carbocycles. The van der Waals surface area contributed by atoms with Crippen LogP contribution in [0.1, 0.15) is 48.4 Å². The number of rotatable bonds is 4. The summed E-state index contributed by atoms with van der Waals surface area (Å²) in [7, 11) is 2.25. The van der Waals surface area contributed by atoms with E-state index < -0.39 is 0 Å². The first kappa shape index (κ1) is 13.6. The zero-order chi connectivity index (χ0) is 13.1. The third-order valence-electron chi connectivity index (χ3n) is 4.62. The SMILES string of the molecule is Cc1cccc(C(CN)N(C)C2CCCC2)c1C. The molecule has 0 amide bonds. The molecule has 0 aromatic heterocycles. The van der Waals surface area contributed by atoms with Gasteiger partial charge in [0.2, 0.25) is 0 Å². The molecule has 1 aliphatic rings. The third-order valence-corrected chi connectivity index (χ3v) is 4.62. The Morgan fingerprint density at radius 1 is 1.28 bits per heavy atom. The van der Waals surface area contributed by atoms with Crippen LogP contribution in [0.3, 0.4) is 0 Å². The Morgan fingerprint density at radius 2 is 1.94 bits per heavy atom. The lowest BCUT2D eigenvalue weighted by molar-refractivity contribution is 0.179. The van der Waals surface area contributed by atoms with Crippen LogP contribution in [0.25, 0.3) is 0 Å². The van der Waals surface area contributed by atoms with Crippen molar-refractivity contribution in [2.45, 2.75) is 51.6 Å². The van der Waals surface area contributed by atoms with Crippen molar-refractivity contribution in [3.05, 3.63) is 34.9 Å². The van der Waals surface area contributed by atoms with Crippen molar-refractivity contribution >= 4 is 0 Å². The number of benzene rings is 1. The van der Waals surface area contributed by atoms with Crippen LogP contribution in [0.15, 0.2) is 18.2 Å². The first-order valence-electron chi connectivity index (χ1n) is 7.13. The molecule has 1 unspecified atom stereocenters. The Balaban J connectivity index is 2.24. The van der Waals surface area contributed by atoms with E-state index in [1.54, 1.807) is 0 Å². The van der Waals surface area contributed by atoms with Gasteiger partial charge in [-0.1, -0.05) is 31.0 Å². The predicted molar refractivity (Wildman–Crippen MR) is 77.7 cm³/mol. The number of aryl methyl sites for hydroxylation is 1. The quantitative estimate of drug-likeness (QED) is 0.884. The van der Waals surface area contributed by atoms with E-state index in [2.05, 4.69) is 44.0 Å². The minimum absolute atomic E-state index is 0.369. The highest BCUT2D eigenvalue weighted by atomic mass is 15.2. The van der Waals surface area contributed by atoms with Gasteiger partial charge in [-0.2, -0.15) is 0 Å². The van der Waals surface area contributed by atoms with Crippen molar-refractivity contribution in [2.24, 2.45) is 5.73 Å². The number of hydrogen-bond acceptors (Lipinski definition) is 2. The zero-order valence-electron chi connectivity index (χ0n) is 11.9. The molecule has 1 fully saturated rings. The second-order valence-electron chi connectivity index (χ2n) is 5.64. The first-order valence-corrected chi connectivity index (χ1v) is 7.13. The lowest BCUT2D eigenvalue weighted by Crippen LogP contribution is -2.37. The molecule has 0 spiro atoms. The monoisotopic (exact) mass is 246 g/mol. The summed E-state index contributed by atoms with van der Waals surface area (Å²) in [5.41, 5.74) is 10.2. The van der Waals surface area contributed by atoms with Crippen LogP contribution < -0.4 is 5.73 Å². The number of nitrogens with zero attached hydrogens (tertiary/aromatic N) is 1. The standard InChI is InChI=1S/C16H26N2/c1-12-7-6-10-15(13(12)2)16(11-17)18(3)14-8-4-5-9-14/h6-7,10,14,16H,4-5,8-9,11,17H2,1-3H3. The molecule has 2 rings (SSSR count). The molecule has 0 heterocycles. The van der Waals surface area contributed by atoms with Gasteiger partial charge < -0.3 is 5.73 Å². The van der Waals surface area contributed by atoms with Crippen molar-refractivity contribution in [2.75, 3.05) is 13.6 Å². The van der Waals surface area contributed by atoms with Crippen molar-refractivity contribution in [3.8, 4) is 0 Å². The topological polar surface area (TPSA) is 29.3 Å². The number of likely N-dealkylation sites (N-methyl/N-ethyl adjacent to an activating group) is 1. The van der Waals surface area contributed by atoms with E-state index in [0.29, 0.717) is 12.6 Å². The second kappa shape index (κ2) is 5.85. The summed E-state index contributed by atoms with van der Waals surface area (Å²) in [5.74, 6) is 0. The van der Waals surface area contributed by atoms with Crippen molar-refractivity contribution in [1.29, 1.82) is 0 Å². The minimum atomic E-state index is 0.369. The van der Waals surface area contributed by atoms with Gasteiger partial charge in [0.15, 0.2) is 0 Å². The van der Waals surface area contributed by atoms with E-state index in [0.717, 1.165) is 6.04 Å². The fourth-order valence-corrected chi connectivity index (χ4v) is 3.21. The molecular weight excluding hydrogens is 220 g/mol. The van der Waals surface area contributed by atoms with Gasteiger partial charge in [0.05, 0.1) is 0 Å². The third kappa shape index (κ3) is 2.60. The summed E-state index contributed by atoms with van der Waals surface area (Å²) < 4.78 is 0. The minimum Gasteiger partial charge on any atom is -0.329 e.